The highest BCUT2D eigenvalue weighted by Gasteiger charge is 2.19. The Morgan fingerprint density at radius 2 is 1.95 bits per heavy atom. The number of pyridine rings is 2. The lowest BCUT2D eigenvalue weighted by Crippen LogP contribution is -2.16. The van der Waals surface area contributed by atoms with Gasteiger partial charge in [0.1, 0.15) is 22.7 Å². The van der Waals surface area contributed by atoms with Gasteiger partial charge in [0.25, 0.3) is 0 Å². The first-order chi connectivity index (χ1) is 19.9. The molecule has 0 unspecified atom stereocenters. The lowest BCUT2D eigenvalue weighted by Gasteiger charge is -2.16. The zero-order valence-electron chi connectivity index (χ0n) is 23.4. The number of fused-ring (bicyclic) bond motifs is 2. The monoisotopic (exact) mass is 544 g/mol. The number of nitrogens with zero attached hydrogens (tertiary/aromatic N) is 3. The van der Waals surface area contributed by atoms with Crippen LogP contribution in [0.25, 0.3) is 50.2 Å². The second-order valence-electron chi connectivity index (χ2n) is 10.7. The molecule has 5 aromatic rings. The van der Waals surface area contributed by atoms with Gasteiger partial charge in [0, 0.05) is 23.0 Å². The highest BCUT2D eigenvalue weighted by atomic mass is 19.1. The highest BCUT2D eigenvalue weighted by molar-refractivity contribution is 5.99. The van der Waals surface area contributed by atoms with Crippen LogP contribution in [0.1, 0.15) is 43.9 Å². The molecule has 0 atom stereocenters. The zero-order valence-corrected chi connectivity index (χ0v) is 23.4. The Hall–Kier alpha value is -4.78. The van der Waals surface area contributed by atoms with E-state index < -0.39 is 0 Å². The average Bonchev–Trinajstić information content (AvgIpc) is 3.73. The van der Waals surface area contributed by atoms with Crippen molar-refractivity contribution in [3.63, 3.8) is 0 Å². The van der Waals surface area contributed by atoms with Gasteiger partial charge in [0.15, 0.2) is 0 Å². The van der Waals surface area contributed by atoms with Crippen molar-refractivity contribution in [2.75, 3.05) is 0 Å². The minimum Gasteiger partial charge on any atom is -0.359 e. The molecule has 0 amide bonds. The molecule has 4 heterocycles. The number of allylic oxidation sites excluding steroid dienone is 5. The van der Waals surface area contributed by atoms with Gasteiger partial charge in [0.05, 0.1) is 16.9 Å². The molecule has 3 N–H and O–H groups in total. The van der Waals surface area contributed by atoms with E-state index in [1.807, 2.05) is 56.3 Å². The summed E-state index contributed by atoms with van der Waals surface area (Å²) in [5, 5.41) is 12.1. The number of H-pyrrole nitrogens is 2. The summed E-state index contributed by atoms with van der Waals surface area (Å²) >= 11 is 0. The molecule has 6 rings (SSSR count). The molecular formula is C34H33FN6. The molecule has 0 spiro atoms. The standard InChI is InChI=1S/C34H33FN6/c1-5-22(18-26(6-2)37-21(4)23-9-7-8-10-23)29-11-12-30-32(38-29)33(41-40-30)31-19-28-27(13-14-36-34(28)39-31)24-15-20(3)16-25(35)17-24/h5-6,11-19,23,37H,2,4,7-10H2,1,3H3,(H,36,39)(H,40,41)/b22-5+,26-18+. The Morgan fingerprint density at radius 3 is 2.71 bits per heavy atom. The van der Waals surface area contributed by atoms with Crippen molar-refractivity contribution in [2.24, 2.45) is 5.92 Å². The van der Waals surface area contributed by atoms with Gasteiger partial charge >= 0.3 is 0 Å². The van der Waals surface area contributed by atoms with E-state index in [-0.39, 0.29) is 5.82 Å². The zero-order chi connectivity index (χ0) is 28.5. The largest absolute Gasteiger partial charge is 0.359 e. The topological polar surface area (TPSA) is 82.3 Å². The number of hydrogen-bond donors (Lipinski definition) is 3. The van der Waals surface area contributed by atoms with E-state index in [0.29, 0.717) is 17.3 Å². The fraction of sp³-hybridized carbons (Fsp3) is 0.206. The fourth-order valence-corrected chi connectivity index (χ4v) is 5.73. The maximum atomic E-state index is 14.2. The third-order valence-electron chi connectivity index (χ3n) is 7.84. The van der Waals surface area contributed by atoms with Crippen LogP contribution in [0.2, 0.25) is 0 Å². The van der Waals surface area contributed by atoms with E-state index in [1.54, 1.807) is 12.3 Å². The van der Waals surface area contributed by atoms with Gasteiger partial charge in [-0.2, -0.15) is 5.10 Å². The Balaban J connectivity index is 1.36. The van der Waals surface area contributed by atoms with E-state index >= 15 is 0 Å². The Kier molecular flexibility index (Phi) is 7.10. The minimum absolute atomic E-state index is 0.262. The predicted octanol–water partition coefficient (Wildman–Crippen LogP) is 8.38. The van der Waals surface area contributed by atoms with Crippen molar-refractivity contribution in [2.45, 2.75) is 39.5 Å². The summed E-state index contributed by atoms with van der Waals surface area (Å²) in [5.74, 6) is 0.244. The summed E-state index contributed by atoms with van der Waals surface area (Å²) in [7, 11) is 0. The first-order valence-corrected chi connectivity index (χ1v) is 14.0. The van der Waals surface area contributed by atoms with E-state index in [4.69, 9.17) is 4.98 Å². The smallest absolute Gasteiger partial charge is 0.138 e. The van der Waals surface area contributed by atoms with Crippen molar-refractivity contribution >= 4 is 27.6 Å². The highest BCUT2D eigenvalue weighted by Crippen LogP contribution is 2.34. The predicted molar refractivity (Wildman–Crippen MR) is 165 cm³/mol. The molecule has 7 heteroatoms. The number of aromatic nitrogens is 5. The van der Waals surface area contributed by atoms with E-state index in [1.165, 1.54) is 31.7 Å². The molecule has 0 saturated heterocycles. The van der Waals surface area contributed by atoms with Gasteiger partial charge in [-0.1, -0.05) is 38.1 Å². The van der Waals surface area contributed by atoms with Gasteiger partial charge in [-0.3, -0.25) is 5.10 Å². The SMILES string of the molecule is C=C/C(=C\C(=C/C)c1ccc2[nH]nc(-c3cc4c(-c5cc(C)cc(F)c5)ccnc4[nH]3)c2n1)NC(=C)C1CCCC1. The van der Waals surface area contributed by atoms with Gasteiger partial charge in [0.2, 0.25) is 0 Å². The molecule has 1 aliphatic carbocycles. The number of aryl methyl sites for hydroxylation is 1. The lowest BCUT2D eigenvalue weighted by atomic mass is 10.0. The third kappa shape index (κ3) is 5.23. The summed E-state index contributed by atoms with van der Waals surface area (Å²) in [6.45, 7) is 12.2. The molecule has 1 aliphatic rings. The quantitative estimate of drug-likeness (QED) is 0.171. The summed E-state index contributed by atoms with van der Waals surface area (Å²) in [6.07, 6.45) is 12.5. The lowest BCUT2D eigenvalue weighted by molar-refractivity contribution is 0.607. The van der Waals surface area contributed by atoms with Crippen LogP contribution in [0.15, 0.2) is 91.4 Å². The van der Waals surface area contributed by atoms with Crippen molar-refractivity contribution in [1.82, 2.24) is 30.5 Å². The number of rotatable bonds is 8. The molecule has 1 fully saturated rings. The molecule has 206 valence electrons. The van der Waals surface area contributed by atoms with Gasteiger partial charge < -0.3 is 10.3 Å². The number of nitrogens with one attached hydrogen (secondary N) is 3. The molecule has 1 aromatic carbocycles. The average molecular weight is 545 g/mol. The second kappa shape index (κ2) is 11.0. The van der Waals surface area contributed by atoms with Crippen LogP contribution in [-0.4, -0.2) is 25.1 Å². The first-order valence-electron chi connectivity index (χ1n) is 14.0. The molecule has 0 bridgehead atoms. The second-order valence-corrected chi connectivity index (χ2v) is 10.7. The van der Waals surface area contributed by atoms with Crippen molar-refractivity contribution in [3.05, 3.63) is 109 Å². The van der Waals surface area contributed by atoms with Gasteiger partial charge in [-0.15, -0.1) is 0 Å². The number of hydrogen-bond acceptors (Lipinski definition) is 4. The molecule has 1 saturated carbocycles. The summed E-state index contributed by atoms with van der Waals surface area (Å²) in [5.41, 5.74) is 10.0. The Morgan fingerprint density at radius 1 is 1.12 bits per heavy atom. The maximum Gasteiger partial charge on any atom is 0.138 e. The van der Waals surface area contributed by atoms with Gasteiger partial charge in [-0.25, -0.2) is 14.4 Å². The number of halogens is 1. The normalized spacial score (nSPS) is 14.7. The molecule has 6 nitrogen and oxygen atoms in total. The van der Waals surface area contributed by atoms with Crippen molar-refractivity contribution < 1.29 is 4.39 Å². The fourth-order valence-electron chi connectivity index (χ4n) is 5.73. The number of benzene rings is 1. The van der Waals surface area contributed by atoms with Crippen LogP contribution in [0.5, 0.6) is 0 Å². The molecule has 41 heavy (non-hydrogen) atoms. The molecule has 4 aromatic heterocycles. The van der Waals surface area contributed by atoms with Crippen LogP contribution >= 0.6 is 0 Å². The van der Waals surface area contributed by atoms with Crippen LogP contribution in [0.4, 0.5) is 4.39 Å². The van der Waals surface area contributed by atoms with E-state index in [2.05, 4.69) is 44.7 Å². The third-order valence-corrected chi connectivity index (χ3v) is 7.84. The molecule has 0 radical (unpaired) electrons. The minimum atomic E-state index is -0.262. The Bertz CT molecular complexity index is 1830. The van der Waals surface area contributed by atoms with Crippen LogP contribution in [0, 0.1) is 18.7 Å². The van der Waals surface area contributed by atoms with Crippen molar-refractivity contribution in [3.8, 4) is 22.5 Å². The summed E-state index contributed by atoms with van der Waals surface area (Å²) < 4.78 is 14.2. The van der Waals surface area contributed by atoms with Crippen molar-refractivity contribution in [1.29, 1.82) is 0 Å². The molecule has 0 aliphatic heterocycles. The van der Waals surface area contributed by atoms with Crippen LogP contribution < -0.4 is 5.32 Å². The first kappa shape index (κ1) is 26.4. The number of aromatic amines is 2. The molecular weight excluding hydrogens is 511 g/mol. The van der Waals surface area contributed by atoms with Gasteiger partial charge in [-0.05, 0) is 103 Å². The van der Waals surface area contributed by atoms with Crippen LogP contribution in [-0.2, 0) is 0 Å². The summed E-state index contributed by atoms with van der Waals surface area (Å²) in [6, 6.07) is 12.9. The maximum absolute atomic E-state index is 14.2. The van der Waals surface area contributed by atoms with E-state index in [0.717, 1.165) is 61.5 Å². The Labute approximate surface area is 238 Å². The summed E-state index contributed by atoms with van der Waals surface area (Å²) in [4.78, 5) is 12.9. The van der Waals surface area contributed by atoms with Crippen LogP contribution in [0.3, 0.4) is 0 Å². The van der Waals surface area contributed by atoms with E-state index in [9.17, 15) is 4.39 Å².